The normalized spacial score (nSPS) is 22.9. The van der Waals surface area contributed by atoms with E-state index >= 15 is 0 Å². The van der Waals surface area contributed by atoms with E-state index in [-0.39, 0.29) is 75.2 Å². The number of ether oxygens (including phenoxy) is 2. The van der Waals surface area contributed by atoms with E-state index in [0.717, 1.165) is 4.90 Å². The Kier molecular flexibility index (Phi) is 4.58. The van der Waals surface area contributed by atoms with E-state index in [1.807, 2.05) is 0 Å². The summed E-state index contributed by atoms with van der Waals surface area (Å²) in [5.41, 5.74) is 0.651. The molecule has 1 unspecified atom stereocenters. The number of fused-ring (bicyclic) bond motifs is 1. The van der Waals surface area contributed by atoms with Gasteiger partial charge in [0, 0.05) is 30.6 Å². The monoisotopic (exact) mass is 468 g/mol. The second kappa shape index (κ2) is 9.26. The summed E-state index contributed by atoms with van der Waals surface area (Å²) in [6.07, 6.45) is 0.349. The zero-order chi connectivity index (χ0) is 28.1. The van der Waals surface area contributed by atoms with Gasteiger partial charge in [-0.15, -0.1) is 0 Å². The first-order valence-electron chi connectivity index (χ1n) is 13.4. The zero-order valence-electron chi connectivity index (χ0n) is 23.2. The third-order valence-corrected chi connectivity index (χ3v) is 5.89. The van der Waals surface area contributed by atoms with Crippen LogP contribution in [0.4, 0.5) is 0 Å². The summed E-state index contributed by atoms with van der Waals surface area (Å²) in [6, 6.07) is 4.09. The molecular formula is C25H25N3O6. The highest BCUT2D eigenvalue weighted by Crippen LogP contribution is 2.34. The maximum Gasteiger partial charge on any atom is 0.255 e. The number of imide groups is 1. The molecule has 2 aromatic rings. The van der Waals surface area contributed by atoms with Crippen molar-refractivity contribution in [1.29, 1.82) is 0 Å². The van der Waals surface area contributed by atoms with E-state index in [4.69, 9.17) is 16.3 Å². The van der Waals surface area contributed by atoms with E-state index < -0.39 is 36.0 Å². The average Bonchev–Trinajstić information content (AvgIpc) is 3.22. The van der Waals surface area contributed by atoms with Crippen LogP contribution in [0.2, 0.25) is 0 Å². The minimum atomic E-state index is -2.48. The molecule has 4 amide bonds. The smallest absolute Gasteiger partial charge is 0.255 e. The van der Waals surface area contributed by atoms with Gasteiger partial charge < -0.3 is 19.3 Å². The van der Waals surface area contributed by atoms with Crippen LogP contribution < -0.4 is 10.1 Å². The van der Waals surface area contributed by atoms with Gasteiger partial charge in [0.15, 0.2) is 0 Å². The third-order valence-electron chi connectivity index (χ3n) is 5.89. The predicted molar refractivity (Wildman–Crippen MR) is 119 cm³/mol. The van der Waals surface area contributed by atoms with E-state index in [2.05, 4.69) is 5.32 Å². The molecule has 0 bridgehead atoms. The summed E-state index contributed by atoms with van der Waals surface area (Å²) in [4.78, 5) is 51.4. The van der Waals surface area contributed by atoms with Gasteiger partial charge in [0.2, 0.25) is 17.7 Å². The lowest BCUT2D eigenvalue weighted by Crippen LogP contribution is -2.52. The van der Waals surface area contributed by atoms with Crippen molar-refractivity contribution < 1.29 is 35.5 Å². The molecule has 3 aliphatic heterocycles. The SMILES string of the molecule is [2H]c1cc(COc2cccc3c2CN(C2CCC(=O)NC2=O)C3=O)c([2H])c([2H])c1C([2H])([2H])N1CCOCC1=O. The molecule has 34 heavy (non-hydrogen) atoms. The van der Waals surface area contributed by atoms with Crippen molar-refractivity contribution in [3.63, 3.8) is 0 Å². The number of hydrogen-bond acceptors (Lipinski definition) is 6. The van der Waals surface area contributed by atoms with Gasteiger partial charge in [-0.3, -0.25) is 24.5 Å². The number of amides is 4. The van der Waals surface area contributed by atoms with Crippen molar-refractivity contribution in [3.8, 4) is 5.75 Å². The van der Waals surface area contributed by atoms with Gasteiger partial charge in [0.25, 0.3) is 5.91 Å². The number of carbonyl (C=O) groups excluding carboxylic acids is 4. The summed E-state index contributed by atoms with van der Waals surface area (Å²) >= 11 is 0. The molecule has 2 fully saturated rings. The van der Waals surface area contributed by atoms with Gasteiger partial charge >= 0.3 is 0 Å². The average molecular weight is 469 g/mol. The summed E-state index contributed by atoms with van der Waals surface area (Å²) in [5, 5.41) is 2.26. The summed E-state index contributed by atoms with van der Waals surface area (Å²) < 4.78 is 53.2. The first-order valence-corrected chi connectivity index (χ1v) is 10.9. The molecule has 0 aliphatic carbocycles. The molecule has 2 saturated heterocycles. The van der Waals surface area contributed by atoms with Gasteiger partial charge in [0.05, 0.1) is 20.0 Å². The molecule has 0 saturated carbocycles. The lowest BCUT2D eigenvalue weighted by Gasteiger charge is -2.29. The second-order valence-electron chi connectivity index (χ2n) is 8.12. The van der Waals surface area contributed by atoms with Gasteiger partial charge in [-0.1, -0.05) is 30.3 Å². The molecule has 9 heteroatoms. The number of benzene rings is 2. The molecular weight excluding hydrogens is 438 g/mol. The predicted octanol–water partition coefficient (Wildman–Crippen LogP) is 1.39. The van der Waals surface area contributed by atoms with Crippen molar-refractivity contribution in [2.24, 2.45) is 0 Å². The van der Waals surface area contributed by atoms with E-state index in [9.17, 15) is 19.2 Å². The van der Waals surface area contributed by atoms with E-state index in [1.165, 1.54) is 11.0 Å². The first kappa shape index (κ1) is 16.8. The van der Waals surface area contributed by atoms with E-state index in [0.29, 0.717) is 16.9 Å². The maximum absolute atomic E-state index is 13.0. The largest absolute Gasteiger partial charge is 0.489 e. The number of rotatable bonds is 6. The number of carbonyl (C=O) groups is 4. The highest BCUT2D eigenvalue weighted by molar-refractivity contribution is 6.05. The van der Waals surface area contributed by atoms with Crippen LogP contribution in [0.15, 0.2) is 42.4 Å². The molecule has 3 heterocycles. The Morgan fingerprint density at radius 1 is 1.15 bits per heavy atom. The van der Waals surface area contributed by atoms with E-state index in [1.54, 1.807) is 18.2 Å². The molecule has 176 valence electrons. The number of nitrogens with zero attached hydrogens (tertiary/aromatic N) is 2. The topological polar surface area (TPSA) is 105 Å². The van der Waals surface area contributed by atoms with Gasteiger partial charge in [-0.05, 0) is 29.7 Å². The fourth-order valence-corrected chi connectivity index (χ4v) is 4.13. The highest BCUT2D eigenvalue weighted by Gasteiger charge is 2.40. The number of piperidine rings is 1. The second-order valence-corrected chi connectivity index (χ2v) is 8.12. The van der Waals surface area contributed by atoms with Gasteiger partial charge in [-0.2, -0.15) is 0 Å². The highest BCUT2D eigenvalue weighted by atomic mass is 16.5. The minimum absolute atomic E-state index is 0.0451. The van der Waals surface area contributed by atoms with Crippen LogP contribution in [-0.4, -0.2) is 59.2 Å². The quantitative estimate of drug-likeness (QED) is 0.643. The molecule has 5 rings (SSSR count). The fraction of sp³-hybridized carbons (Fsp3) is 0.360. The van der Waals surface area contributed by atoms with Crippen molar-refractivity contribution in [1.82, 2.24) is 15.1 Å². The van der Waals surface area contributed by atoms with Crippen LogP contribution in [0.1, 0.15) is 46.7 Å². The van der Waals surface area contributed by atoms with Gasteiger partial charge in [0.1, 0.15) is 25.0 Å². The lowest BCUT2D eigenvalue weighted by atomic mass is 10.0. The van der Waals surface area contributed by atoms with Crippen molar-refractivity contribution >= 4 is 23.6 Å². The third kappa shape index (κ3) is 4.38. The van der Waals surface area contributed by atoms with Crippen LogP contribution in [-0.2, 0) is 38.8 Å². The molecule has 0 radical (unpaired) electrons. The summed E-state index contributed by atoms with van der Waals surface area (Å²) in [5.74, 6) is -1.56. The summed E-state index contributed by atoms with van der Waals surface area (Å²) in [7, 11) is 0. The molecule has 0 aromatic heterocycles. The maximum atomic E-state index is 13.0. The number of morpholine rings is 1. The standard InChI is InChI=1S/C25H25N3O6/c29-22-9-8-20(24(31)26-22)28-13-19-18(25(28)32)2-1-3-21(19)34-14-17-6-4-16(5-7-17)12-27-10-11-33-15-23(27)30/h1-7,20H,8-15H2,(H,26,29,31)/i4D,5D,6D,12D2. The van der Waals surface area contributed by atoms with Crippen LogP contribution >= 0.6 is 0 Å². The van der Waals surface area contributed by atoms with Crippen molar-refractivity contribution in [2.45, 2.75) is 38.5 Å². The van der Waals surface area contributed by atoms with Crippen LogP contribution in [0.5, 0.6) is 5.75 Å². The van der Waals surface area contributed by atoms with Crippen LogP contribution in [0.25, 0.3) is 0 Å². The molecule has 9 nitrogen and oxygen atoms in total. The Bertz CT molecular complexity index is 1400. The Labute approximate surface area is 203 Å². The Balaban J connectivity index is 1.37. The zero-order valence-corrected chi connectivity index (χ0v) is 18.2. The lowest BCUT2D eigenvalue weighted by molar-refractivity contribution is -0.143. The molecule has 1 atom stereocenters. The Morgan fingerprint density at radius 2 is 2.00 bits per heavy atom. The van der Waals surface area contributed by atoms with Crippen LogP contribution in [0.3, 0.4) is 0 Å². The Hall–Kier alpha value is -3.72. The summed E-state index contributed by atoms with van der Waals surface area (Å²) in [6.45, 7) is -2.86. The van der Waals surface area contributed by atoms with Gasteiger partial charge in [-0.25, -0.2) is 0 Å². The number of hydrogen-bond donors (Lipinski definition) is 1. The number of nitrogens with one attached hydrogen (secondary N) is 1. The van der Waals surface area contributed by atoms with Crippen molar-refractivity contribution in [2.75, 3.05) is 19.8 Å². The molecule has 0 spiro atoms. The fourth-order valence-electron chi connectivity index (χ4n) is 4.13. The minimum Gasteiger partial charge on any atom is -0.489 e. The molecule has 3 aliphatic rings. The van der Waals surface area contributed by atoms with Crippen LogP contribution in [0, 0.1) is 0 Å². The first-order chi connectivity index (χ1) is 18.5. The molecule has 1 N–H and O–H groups in total. The molecule has 2 aromatic carbocycles. The Morgan fingerprint density at radius 3 is 2.82 bits per heavy atom. The van der Waals surface area contributed by atoms with Crippen molar-refractivity contribution in [3.05, 3.63) is 64.6 Å².